The standard InChI is InChI=1S/C11H14NP/c1-3-12(4-2)10-7-9-5-6-13-11(9)8-10/h5-8H,3-4H2,1-2H3. The zero-order valence-electron chi connectivity index (χ0n) is 8.12. The summed E-state index contributed by atoms with van der Waals surface area (Å²) in [5, 5.41) is 1.46. The average molecular weight is 191 g/mol. The highest BCUT2D eigenvalue weighted by atomic mass is 31.1. The molecule has 1 nitrogen and oxygen atoms in total. The Bertz CT molecular complexity index is 330. The van der Waals surface area contributed by atoms with E-state index in [1.54, 1.807) is 0 Å². The van der Waals surface area contributed by atoms with Crippen molar-refractivity contribution < 1.29 is 0 Å². The summed E-state index contributed by atoms with van der Waals surface area (Å²) in [5.74, 6) is 2.21. The van der Waals surface area contributed by atoms with Crippen molar-refractivity contribution in [3.05, 3.63) is 34.8 Å². The van der Waals surface area contributed by atoms with E-state index < -0.39 is 0 Å². The minimum atomic E-state index is 1.10. The molecule has 0 saturated heterocycles. The lowest BCUT2D eigenvalue weighted by Gasteiger charge is -2.20. The van der Waals surface area contributed by atoms with Gasteiger partial charge in [-0.25, -0.2) is 0 Å². The molecule has 0 atom stereocenters. The molecule has 0 fully saturated rings. The van der Waals surface area contributed by atoms with Crippen LogP contribution < -0.4 is 0 Å². The van der Waals surface area contributed by atoms with E-state index in [1.165, 1.54) is 24.8 Å². The van der Waals surface area contributed by atoms with E-state index in [0.717, 1.165) is 13.1 Å². The minimum absolute atomic E-state index is 1.10. The second kappa shape index (κ2) is 3.51. The van der Waals surface area contributed by atoms with Crippen LogP contribution in [-0.2, 0) is 0 Å². The molecule has 2 aliphatic rings. The first-order valence-corrected chi connectivity index (χ1v) is 5.74. The molecule has 0 aromatic rings. The first-order valence-electron chi connectivity index (χ1n) is 4.78. The lowest BCUT2D eigenvalue weighted by molar-refractivity contribution is 0.395. The third kappa shape index (κ3) is 1.49. The first kappa shape index (κ1) is 8.77. The van der Waals surface area contributed by atoms with Crippen molar-refractivity contribution in [1.29, 1.82) is 0 Å². The predicted octanol–water partition coefficient (Wildman–Crippen LogP) is 2.80. The SMILES string of the molecule is CCN(CC)C1=CC2=CC=PC2=C1. The fraction of sp³-hybridized carbons (Fsp3) is 0.364. The lowest BCUT2D eigenvalue weighted by Crippen LogP contribution is -2.20. The van der Waals surface area contributed by atoms with Crippen molar-refractivity contribution in [2.45, 2.75) is 13.8 Å². The van der Waals surface area contributed by atoms with Crippen LogP contribution in [0.2, 0.25) is 0 Å². The van der Waals surface area contributed by atoms with E-state index in [4.69, 9.17) is 0 Å². The van der Waals surface area contributed by atoms with Gasteiger partial charge in [0, 0.05) is 24.1 Å². The summed E-state index contributed by atoms with van der Waals surface area (Å²) in [7, 11) is 1.35. The Morgan fingerprint density at radius 2 is 2.00 bits per heavy atom. The molecule has 0 N–H and O–H groups in total. The molecule has 0 radical (unpaired) electrons. The van der Waals surface area contributed by atoms with Gasteiger partial charge in [0.2, 0.25) is 0 Å². The Kier molecular flexibility index (Phi) is 2.37. The third-order valence-corrected chi connectivity index (χ3v) is 3.44. The van der Waals surface area contributed by atoms with Crippen LogP contribution in [0.5, 0.6) is 0 Å². The molecular weight excluding hydrogens is 177 g/mol. The highest BCUT2D eigenvalue weighted by Crippen LogP contribution is 2.36. The van der Waals surface area contributed by atoms with Crippen LogP contribution in [0.1, 0.15) is 13.8 Å². The lowest BCUT2D eigenvalue weighted by atomic mass is 10.3. The number of rotatable bonds is 3. The molecule has 1 aliphatic carbocycles. The van der Waals surface area contributed by atoms with Crippen LogP contribution >= 0.6 is 8.20 Å². The Hall–Kier alpha value is -0.810. The summed E-state index contributed by atoms with van der Waals surface area (Å²) in [6, 6.07) is 0. The predicted molar refractivity (Wildman–Crippen MR) is 60.2 cm³/mol. The van der Waals surface area contributed by atoms with E-state index in [0.29, 0.717) is 0 Å². The van der Waals surface area contributed by atoms with Gasteiger partial charge in [-0.1, -0.05) is 8.20 Å². The number of likely N-dealkylation sites (N-methyl/N-ethyl adjacent to an activating group) is 1. The molecule has 0 aromatic carbocycles. The van der Waals surface area contributed by atoms with Gasteiger partial charge in [0.15, 0.2) is 0 Å². The summed E-state index contributed by atoms with van der Waals surface area (Å²) in [6.45, 7) is 6.60. The van der Waals surface area contributed by atoms with Gasteiger partial charge in [-0.05, 0) is 43.4 Å². The molecule has 0 saturated carbocycles. The molecular formula is C11H14NP. The average Bonchev–Trinajstić information content (AvgIpc) is 2.65. The van der Waals surface area contributed by atoms with Gasteiger partial charge in [0.05, 0.1) is 0 Å². The van der Waals surface area contributed by atoms with Crippen molar-refractivity contribution in [2.75, 3.05) is 13.1 Å². The van der Waals surface area contributed by atoms with Gasteiger partial charge in [0.1, 0.15) is 0 Å². The Labute approximate surface area is 81.2 Å². The van der Waals surface area contributed by atoms with Gasteiger partial charge >= 0.3 is 0 Å². The fourth-order valence-corrected chi connectivity index (χ4v) is 2.60. The van der Waals surface area contributed by atoms with E-state index in [1.807, 2.05) is 0 Å². The van der Waals surface area contributed by atoms with E-state index >= 15 is 0 Å². The maximum absolute atomic E-state index is 2.39. The van der Waals surface area contributed by atoms with Gasteiger partial charge in [-0.3, -0.25) is 0 Å². The summed E-state index contributed by atoms with van der Waals surface area (Å²) >= 11 is 0. The second-order valence-corrected chi connectivity index (χ2v) is 4.21. The van der Waals surface area contributed by atoms with Crippen LogP contribution in [0.25, 0.3) is 0 Å². The highest BCUT2D eigenvalue weighted by molar-refractivity contribution is 7.45. The molecule has 1 heterocycles. The van der Waals surface area contributed by atoms with Crippen LogP contribution in [0.3, 0.4) is 0 Å². The minimum Gasteiger partial charge on any atom is -0.372 e. The normalized spacial score (nSPS) is 19.4. The van der Waals surface area contributed by atoms with Crippen molar-refractivity contribution >= 4 is 14.0 Å². The second-order valence-electron chi connectivity index (χ2n) is 3.17. The largest absolute Gasteiger partial charge is 0.372 e. The molecule has 1 aliphatic heterocycles. The number of hydrogen-bond acceptors (Lipinski definition) is 1. The monoisotopic (exact) mass is 191 g/mol. The summed E-state index contributed by atoms with van der Waals surface area (Å²) in [4.78, 5) is 2.39. The number of fused-ring (bicyclic) bond motifs is 1. The Morgan fingerprint density at radius 3 is 2.62 bits per heavy atom. The van der Waals surface area contributed by atoms with Crippen LogP contribution in [-0.4, -0.2) is 23.8 Å². The van der Waals surface area contributed by atoms with Crippen LogP contribution in [0, 0.1) is 0 Å². The molecule has 0 amide bonds. The van der Waals surface area contributed by atoms with Crippen molar-refractivity contribution in [3.8, 4) is 0 Å². The Balaban J connectivity index is 2.21. The molecule has 0 aromatic heterocycles. The van der Waals surface area contributed by atoms with Gasteiger partial charge < -0.3 is 4.90 Å². The van der Waals surface area contributed by atoms with Gasteiger partial charge in [-0.2, -0.15) is 0 Å². The van der Waals surface area contributed by atoms with E-state index in [9.17, 15) is 0 Å². The molecule has 0 unspecified atom stereocenters. The van der Waals surface area contributed by atoms with Crippen LogP contribution in [0.15, 0.2) is 34.8 Å². The molecule has 0 bridgehead atoms. The number of nitrogens with zero attached hydrogens (tertiary/aromatic N) is 1. The van der Waals surface area contributed by atoms with E-state index in [2.05, 4.69) is 42.8 Å². The van der Waals surface area contributed by atoms with Crippen molar-refractivity contribution in [2.24, 2.45) is 0 Å². The van der Waals surface area contributed by atoms with Crippen molar-refractivity contribution in [3.63, 3.8) is 0 Å². The highest BCUT2D eigenvalue weighted by Gasteiger charge is 2.15. The molecule has 2 heteroatoms. The Morgan fingerprint density at radius 1 is 1.23 bits per heavy atom. The molecule has 13 heavy (non-hydrogen) atoms. The van der Waals surface area contributed by atoms with Crippen molar-refractivity contribution in [1.82, 2.24) is 4.90 Å². The maximum atomic E-state index is 2.39. The van der Waals surface area contributed by atoms with E-state index in [-0.39, 0.29) is 0 Å². The zero-order valence-corrected chi connectivity index (χ0v) is 9.01. The molecule has 0 spiro atoms. The van der Waals surface area contributed by atoms with Crippen LogP contribution in [0.4, 0.5) is 0 Å². The van der Waals surface area contributed by atoms with Gasteiger partial charge in [-0.15, -0.1) is 0 Å². The first-order chi connectivity index (χ1) is 6.35. The summed E-state index contributed by atoms with van der Waals surface area (Å²) in [6.07, 6.45) is 6.81. The smallest absolute Gasteiger partial charge is 0.0382 e. The maximum Gasteiger partial charge on any atom is 0.0382 e. The third-order valence-electron chi connectivity index (χ3n) is 2.48. The van der Waals surface area contributed by atoms with Gasteiger partial charge in [0.25, 0.3) is 0 Å². The number of hydrogen-bond donors (Lipinski definition) is 0. The quantitative estimate of drug-likeness (QED) is 0.620. The fourth-order valence-electron chi connectivity index (χ4n) is 1.71. The topological polar surface area (TPSA) is 3.24 Å². The molecule has 2 rings (SSSR count). The number of allylic oxidation sites excluding steroid dienone is 5. The molecule has 68 valence electrons. The summed E-state index contributed by atoms with van der Waals surface area (Å²) < 4.78 is 0. The summed E-state index contributed by atoms with van der Waals surface area (Å²) in [5.41, 5.74) is 2.79. The zero-order chi connectivity index (χ0) is 9.26.